The van der Waals surface area contributed by atoms with Crippen LogP contribution in [0.15, 0.2) is 24.3 Å². The summed E-state index contributed by atoms with van der Waals surface area (Å²) in [5.74, 6) is -0.272. The number of benzene rings is 1. The van der Waals surface area contributed by atoms with E-state index < -0.39 is 4.92 Å². The molecule has 1 atom stereocenters. The van der Waals surface area contributed by atoms with E-state index in [1.54, 1.807) is 17.0 Å². The summed E-state index contributed by atoms with van der Waals surface area (Å²) in [6, 6.07) is 6.32. The van der Waals surface area contributed by atoms with Gasteiger partial charge >= 0.3 is 0 Å². The number of amides is 2. The van der Waals surface area contributed by atoms with Crippen molar-refractivity contribution >= 4 is 17.5 Å². The summed E-state index contributed by atoms with van der Waals surface area (Å²) in [6.45, 7) is 1.90. The van der Waals surface area contributed by atoms with Crippen molar-refractivity contribution in [2.75, 3.05) is 26.2 Å². The second-order valence-electron chi connectivity index (χ2n) is 6.19. The highest BCUT2D eigenvalue weighted by atomic mass is 16.6. The lowest BCUT2D eigenvalue weighted by Crippen LogP contribution is -2.46. The van der Waals surface area contributed by atoms with E-state index in [4.69, 9.17) is 5.73 Å². The molecule has 0 radical (unpaired) electrons. The Bertz CT molecular complexity index is 635. The normalized spacial score (nSPS) is 17.2. The van der Waals surface area contributed by atoms with Gasteiger partial charge in [-0.05, 0) is 24.8 Å². The number of nitro groups is 1. The van der Waals surface area contributed by atoms with E-state index in [1.165, 1.54) is 12.1 Å². The van der Waals surface area contributed by atoms with Gasteiger partial charge in [0.1, 0.15) is 0 Å². The average molecular weight is 348 g/mol. The number of likely N-dealkylation sites (tertiary alicyclic amines) is 1. The van der Waals surface area contributed by atoms with Gasteiger partial charge in [0.05, 0.1) is 10.8 Å². The topological polar surface area (TPSA) is 119 Å². The van der Waals surface area contributed by atoms with E-state index in [1.807, 2.05) is 0 Å². The molecule has 1 unspecified atom stereocenters. The first-order valence-corrected chi connectivity index (χ1v) is 8.50. The minimum Gasteiger partial charge on any atom is -0.355 e. The zero-order valence-corrected chi connectivity index (χ0v) is 14.1. The molecular formula is C17H24N4O4. The van der Waals surface area contributed by atoms with Crippen LogP contribution in [-0.2, 0) is 16.0 Å². The van der Waals surface area contributed by atoms with Crippen LogP contribution in [-0.4, -0.2) is 47.8 Å². The van der Waals surface area contributed by atoms with Crippen LogP contribution in [0.5, 0.6) is 0 Å². The number of nitro benzene ring substituents is 1. The number of hydrogen-bond donors (Lipinski definition) is 2. The Morgan fingerprint density at radius 3 is 2.92 bits per heavy atom. The van der Waals surface area contributed by atoms with Crippen LogP contribution in [0.1, 0.15) is 24.8 Å². The standard InChI is InChI=1S/C17H24N4O4/c18-8-9-19-17(23)14-4-2-10-20(12-14)16(22)7-6-13-3-1-5-15(11-13)21(24)25/h1,3,5,11,14H,2,4,6-10,12,18H2,(H,19,23). The third-order valence-corrected chi connectivity index (χ3v) is 4.34. The molecule has 0 bridgehead atoms. The number of non-ortho nitro benzene ring substituents is 1. The second-order valence-corrected chi connectivity index (χ2v) is 6.19. The van der Waals surface area contributed by atoms with Gasteiger partial charge in [0.15, 0.2) is 0 Å². The van der Waals surface area contributed by atoms with E-state index in [2.05, 4.69) is 5.32 Å². The smallest absolute Gasteiger partial charge is 0.269 e. The van der Waals surface area contributed by atoms with Gasteiger partial charge < -0.3 is 16.0 Å². The number of carbonyl (C=O) groups excluding carboxylic acids is 2. The lowest BCUT2D eigenvalue weighted by Gasteiger charge is -2.32. The maximum atomic E-state index is 12.4. The van der Waals surface area contributed by atoms with E-state index in [9.17, 15) is 19.7 Å². The molecule has 1 aliphatic heterocycles. The van der Waals surface area contributed by atoms with Gasteiger partial charge in [-0.3, -0.25) is 19.7 Å². The number of aryl methyl sites for hydroxylation is 1. The van der Waals surface area contributed by atoms with Crippen molar-refractivity contribution in [1.29, 1.82) is 0 Å². The Balaban J connectivity index is 1.86. The largest absolute Gasteiger partial charge is 0.355 e. The molecule has 1 heterocycles. The van der Waals surface area contributed by atoms with Gasteiger partial charge in [-0.1, -0.05) is 12.1 Å². The van der Waals surface area contributed by atoms with Crippen molar-refractivity contribution in [3.8, 4) is 0 Å². The van der Waals surface area contributed by atoms with Gasteiger partial charge in [0.25, 0.3) is 5.69 Å². The Morgan fingerprint density at radius 1 is 1.40 bits per heavy atom. The molecule has 1 aromatic rings. The van der Waals surface area contributed by atoms with Gasteiger partial charge in [-0.2, -0.15) is 0 Å². The molecule has 0 spiro atoms. The molecule has 1 aromatic carbocycles. The van der Waals surface area contributed by atoms with Gasteiger partial charge in [0, 0.05) is 44.7 Å². The molecule has 0 aliphatic carbocycles. The summed E-state index contributed by atoms with van der Waals surface area (Å²) < 4.78 is 0. The Morgan fingerprint density at radius 2 is 2.20 bits per heavy atom. The first-order chi connectivity index (χ1) is 12.0. The number of rotatable bonds is 7. The summed E-state index contributed by atoms with van der Waals surface area (Å²) >= 11 is 0. The third kappa shape index (κ3) is 5.53. The van der Waals surface area contributed by atoms with E-state index in [0.29, 0.717) is 32.6 Å². The van der Waals surface area contributed by atoms with Crippen molar-refractivity contribution in [1.82, 2.24) is 10.2 Å². The van der Waals surface area contributed by atoms with E-state index in [-0.39, 0.29) is 29.8 Å². The maximum Gasteiger partial charge on any atom is 0.269 e. The Labute approximate surface area is 146 Å². The lowest BCUT2D eigenvalue weighted by molar-refractivity contribution is -0.384. The van der Waals surface area contributed by atoms with Crippen LogP contribution in [0, 0.1) is 16.0 Å². The fraction of sp³-hybridized carbons (Fsp3) is 0.529. The summed E-state index contributed by atoms with van der Waals surface area (Å²) in [7, 11) is 0. The first-order valence-electron chi connectivity index (χ1n) is 8.50. The molecule has 1 saturated heterocycles. The molecule has 2 amide bonds. The van der Waals surface area contributed by atoms with Crippen molar-refractivity contribution in [3.05, 3.63) is 39.9 Å². The monoisotopic (exact) mass is 348 g/mol. The zero-order valence-electron chi connectivity index (χ0n) is 14.1. The summed E-state index contributed by atoms with van der Waals surface area (Å²) in [5, 5.41) is 13.6. The Hall–Kier alpha value is -2.48. The van der Waals surface area contributed by atoms with Crippen LogP contribution in [0.4, 0.5) is 5.69 Å². The summed E-state index contributed by atoms with van der Waals surface area (Å²) in [5.41, 5.74) is 6.17. The lowest BCUT2D eigenvalue weighted by atomic mass is 9.96. The van der Waals surface area contributed by atoms with Gasteiger partial charge in [-0.25, -0.2) is 0 Å². The van der Waals surface area contributed by atoms with Gasteiger partial charge in [-0.15, -0.1) is 0 Å². The Kier molecular flexibility index (Phi) is 6.88. The molecule has 1 fully saturated rings. The third-order valence-electron chi connectivity index (χ3n) is 4.34. The first kappa shape index (κ1) is 18.9. The molecule has 0 saturated carbocycles. The van der Waals surface area contributed by atoms with Crippen molar-refractivity contribution in [3.63, 3.8) is 0 Å². The zero-order chi connectivity index (χ0) is 18.2. The summed E-state index contributed by atoms with van der Waals surface area (Å²) in [6.07, 6.45) is 2.29. The van der Waals surface area contributed by atoms with Crippen LogP contribution in [0.3, 0.4) is 0 Å². The van der Waals surface area contributed by atoms with Crippen LogP contribution in [0.25, 0.3) is 0 Å². The van der Waals surface area contributed by atoms with Crippen molar-refractivity contribution < 1.29 is 14.5 Å². The number of nitrogens with one attached hydrogen (secondary N) is 1. The van der Waals surface area contributed by atoms with Gasteiger partial charge in [0.2, 0.25) is 11.8 Å². The minimum absolute atomic E-state index is 0.0252. The molecule has 1 aliphatic rings. The molecule has 3 N–H and O–H groups in total. The van der Waals surface area contributed by atoms with Crippen LogP contribution >= 0.6 is 0 Å². The number of carbonyl (C=O) groups is 2. The molecule has 25 heavy (non-hydrogen) atoms. The molecular weight excluding hydrogens is 324 g/mol. The predicted molar refractivity (Wildman–Crippen MR) is 92.8 cm³/mol. The highest BCUT2D eigenvalue weighted by Crippen LogP contribution is 2.19. The average Bonchev–Trinajstić information content (AvgIpc) is 2.64. The molecule has 8 nitrogen and oxygen atoms in total. The number of nitrogens with two attached hydrogens (primary N) is 1. The number of nitrogens with zero attached hydrogens (tertiary/aromatic N) is 2. The molecule has 0 aromatic heterocycles. The van der Waals surface area contributed by atoms with Crippen molar-refractivity contribution in [2.24, 2.45) is 11.7 Å². The second kappa shape index (κ2) is 9.12. The predicted octanol–water partition coefficient (Wildman–Crippen LogP) is 0.841. The fourth-order valence-electron chi connectivity index (χ4n) is 2.99. The number of piperidine rings is 1. The highest BCUT2D eigenvalue weighted by molar-refractivity contribution is 5.81. The number of hydrogen-bond acceptors (Lipinski definition) is 5. The van der Waals surface area contributed by atoms with Crippen molar-refractivity contribution in [2.45, 2.75) is 25.7 Å². The SMILES string of the molecule is NCCNC(=O)C1CCCN(C(=O)CCc2cccc([N+](=O)[O-])c2)C1. The summed E-state index contributed by atoms with van der Waals surface area (Å²) in [4.78, 5) is 36.5. The highest BCUT2D eigenvalue weighted by Gasteiger charge is 2.27. The van der Waals surface area contributed by atoms with E-state index >= 15 is 0 Å². The minimum atomic E-state index is -0.444. The molecule has 136 valence electrons. The van der Waals surface area contributed by atoms with Crippen LogP contribution in [0.2, 0.25) is 0 Å². The maximum absolute atomic E-state index is 12.4. The van der Waals surface area contributed by atoms with E-state index in [0.717, 1.165) is 18.4 Å². The van der Waals surface area contributed by atoms with Crippen LogP contribution < -0.4 is 11.1 Å². The molecule has 2 rings (SSSR count). The fourth-order valence-corrected chi connectivity index (χ4v) is 2.99. The molecule has 8 heteroatoms. The quantitative estimate of drug-likeness (QED) is 0.559.